The smallest absolute Gasteiger partial charge is 0.243 e. The first-order valence-electron chi connectivity index (χ1n) is 5.92. The van der Waals surface area contributed by atoms with E-state index in [1.807, 2.05) is 0 Å². The maximum atomic E-state index is 10.9. The van der Waals surface area contributed by atoms with Crippen LogP contribution in [0.15, 0.2) is 24.3 Å². The number of carbonyl (C=O) groups excluding carboxylic acids is 2. The van der Waals surface area contributed by atoms with Crippen molar-refractivity contribution in [3.8, 4) is 11.1 Å². The van der Waals surface area contributed by atoms with E-state index >= 15 is 0 Å². The van der Waals surface area contributed by atoms with Crippen LogP contribution in [0.4, 0.5) is 0 Å². The maximum absolute atomic E-state index is 10.9. The maximum Gasteiger partial charge on any atom is 0.243 e. The lowest BCUT2D eigenvalue weighted by Crippen LogP contribution is -2.60. The van der Waals surface area contributed by atoms with Gasteiger partial charge in [-0.2, -0.15) is 0 Å². The molecule has 2 aliphatic carbocycles. The molecule has 0 aromatic heterocycles. The highest BCUT2D eigenvalue weighted by molar-refractivity contribution is 5.86. The zero-order valence-electron chi connectivity index (χ0n) is 10.2. The summed E-state index contributed by atoms with van der Waals surface area (Å²) in [7, 11) is 0. The number of nitrogens with zero attached hydrogens (tertiary/aromatic N) is 1. The number of fused-ring (bicyclic) bond motifs is 1. The molecule has 96 valence electrons. The Labute approximate surface area is 105 Å². The van der Waals surface area contributed by atoms with Crippen LogP contribution < -0.4 is 5.43 Å². The molecule has 2 N–H and O–H groups in total. The van der Waals surface area contributed by atoms with E-state index in [9.17, 15) is 9.59 Å². The lowest BCUT2D eigenvalue weighted by molar-refractivity contribution is -0.157. The second kappa shape index (κ2) is 5.18. The summed E-state index contributed by atoms with van der Waals surface area (Å²) in [4.78, 5) is 21.5. The topological polar surface area (TPSA) is 69.6 Å². The molecule has 0 aromatic carbocycles. The lowest BCUT2D eigenvalue weighted by atomic mass is 10.0. The number of aliphatic hydroxyl groups is 1. The Balaban J connectivity index is 0.000000164. The van der Waals surface area contributed by atoms with Crippen LogP contribution in [0.5, 0.6) is 0 Å². The molecule has 5 nitrogen and oxygen atoms in total. The molecule has 1 atom stereocenters. The van der Waals surface area contributed by atoms with Gasteiger partial charge in [0.2, 0.25) is 11.8 Å². The molecule has 1 heterocycles. The van der Waals surface area contributed by atoms with Crippen LogP contribution in [0.1, 0.15) is 19.8 Å². The molecule has 3 aliphatic rings. The SMILES string of the molecule is CC(=O)NN1C(=O)CC1CCO.c1cc2cc-2c1. The summed E-state index contributed by atoms with van der Waals surface area (Å²) < 4.78 is 0. The number of carbonyl (C=O) groups is 2. The summed E-state index contributed by atoms with van der Waals surface area (Å²) in [6.45, 7) is 1.38. The van der Waals surface area contributed by atoms with E-state index in [-0.39, 0.29) is 24.5 Å². The molecular weight excluding hydrogens is 232 g/mol. The zero-order chi connectivity index (χ0) is 13.1. The van der Waals surface area contributed by atoms with Gasteiger partial charge >= 0.3 is 0 Å². The number of β-lactam (4-membered cyclic amide) rings is 1. The minimum absolute atomic E-state index is 0.0219. The van der Waals surface area contributed by atoms with Crippen LogP contribution in [0, 0.1) is 0 Å². The Kier molecular flexibility index (Phi) is 3.62. The minimum Gasteiger partial charge on any atom is -0.396 e. The number of amides is 2. The molecule has 0 aromatic rings. The van der Waals surface area contributed by atoms with Gasteiger partial charge in [0, 0.05) is 13.5 Å². The van der Waals surface area contributed by atoms with E-state index in [1.165, 1.54) is 23.1 Å². The van der Waals surface area contributed by atoms with Crippen molar-refractivity contribution < 1.29 is 14.7 Å². The van der Waals surface area contributed by atoms with Crippen molar-refractivity contribution in [3.05, 3.63) is 24.3 Å². The highest BCUT2D eigenvalue weighted by Crippen LogP contribution is 2.32. The quantitative estimate of drug-likeness (QED) is 0.785. The zero-order valence-corrected chi connectivity index (χ0v) is 10.2. The number of rotatable bonds is 3. The number of hydrogen-bond acceptors (Lipinski definition) is 3. The van der Waals surface area contributed by atoms with Crippen molar-refractivity contribution in [3.63, 3.8) is 0 Å². The van der Waals surface area contributed by atoms with Crippen molar-refractivity contribution in [1.29, 1.82) is 0 Å². The molecule has 2 amide bonds. The number of hydrazine groups is 1. The molecule has 18 heavy (non-hydrogen) atoms. The van der Waals surface area contributed by atoms with Crippen LogP contribution in [0.25, 0.3) is 11.1 Å². The van der Waals surface area contributed by atoms with Gasteiger partial charge in [0.05, 0.1) is 12.5 Å². The number of hydrogen-bond donors (Lipinski definition) is 2. The predicted octanol–water partition coefficient (Wildman–Crippen LogP) is 0.688. The molecule has 0 spiro atoms. The van der Waals surface area contributed by atoms with Gasteiger partial charge in [-0.25, -0.2) is 0 Å². The number of nitrogens with one attached hydrogen (secondary N) is 1. The largest absolute Gasteiger partial charge is 0.396 e. The first kappa shape index (κ1) is 12.6. The first-order chi connectivity index (χ1) is 8.61. The van der Waals surface area contributed by atoms with Gasteiger partial charge in [-0.05, 0) is 23.6 Å². The molecule has 0 radical (unpaired) electrons. The predicted molar refractivity (Wildman–Crippen MR) is 66.2 cm³/mol. The summed E-state index contributed by atoms with van der Waals surface area (Å²) in [6, 6.07) is 8.46. The molecule has 0 saturated carbocycles. The molecule has 1 unspecified atom stereocenters. The Bertz CT molecular complexity index is 456. The molecule has 3 rings (SSSR count). The van der Waals surface area contributed by atoms with Crippen LogP contribution in [0.3, 0.4) is 0 Å². The fraction of sp³-hybridized carbons (Fsp3) is 0.385. The highest BCUT2D eigenvalue weighted by Gasteiger charge is 2.36. The van der Waals surface area contributed by atoms with Gasteiger partial charge in [-0.1, -0.05) is 18.2 Å². The second-order valence-electron chi connectivity index (χ2n) is 4.38. The van der Waals surface area contributed by atoms with Gasteiger partial charge in [-0.15, -0.1) is 0 Å². The number of benzene rings is 1. The van der Waals surface area contributed by atoms with Gasteiger partial charge in [0.1, 0.15) is 0 Å². The highest BCUT2D eigenvalue weighted by atomic mass is 16.3. The van der Waals surface area contributed by atoms with E-state index in [0.29, 0.717) is 12.8 Å². The average molecular weight is 248 g/mol. The summed E-state index contributed by atoms with van der Waals surface area (Å²) >= 11 is 0. The standard InChI is InChI=1S/C7H12N2O3.C6H4/c1-5(11)8-9-6(2-3-10)4-7(9)12;1-2-5-4-6(5)3-1/h6,10H,2-4H2,1H3,(H,8,11);1-4H. The van der Waals surface area contributed by atoms with Crippen molar-refractivity contribution in [1.82, 2.24) is 10.4 Å². The van der Waals surface area contributed by atoms with Crippen LogP contribution in [-0.2, 0) is 9.59 Å². The van der Waals surface area contributed by atoms with Crippen molar-refractivity contribution in [2.24, 2.45) is 0 Å². The van der Waals surface area contributed by atoms with Gasteiger partial charge in [-0.3, -0.25) is 20.0 Å². The fourth-order valence-corrected chi connectivity index (χ4v) is 1.86. The monoisotopic (exact) mass is 248 g/mol. The third kappa shape index (κ3) is 2.87. The average Bonchev–Trinajstić information content (AvgIpc) is 2.94. The third-order valence-corrected chi connectivity index (χ3v) is 2.90. The van der Waals surface area contributed by atoms with Crippen molar-refractivity contribution in [2.75, 3.05) is 6.61 Å². The summed E-state index contributed by atoms with van der Waals surface area (Å²) in [5, 5.41) is 9.87. The van der Waals surface area contributed by atoms with E-state index < -0.39 is 0 Å². The molecule has 1 aliphatic heterocycles. The Morgan fingerprint density at radius 3 is 2.50 bits per heavy atom. The van der Waals surface area contributed by atoms with Crippen LogP contribution in [-0.4, -0.2) is 34.6 Å². The van der Waals surface area contributed by atoms with Gasteiger partial charge < -0.3 is 5.11 Å². The van der Waals surface area contributed by atoms with Crippen molar-refractivity contribution in [2.45, 2.75) is 25.8 Å². The van der Waals surface area contributed by atoms with Gasteiger partial charge in [0.25, 0.3) is 0 Å². The molecule has 0 bridgehead atoms. The Hall–Kier alpha value is -1.88. The normalized spacial score (nSPS) is 18.4. The van der Waals surface area contributed by atoms with Gasteiger partial charge in [0.15, 0.2) is 0 Å². The van der Waals surface area contributed by atoms with E-state index in [1.54, 1.807) is 0 Å². The Morgan fingerprint density at radius 1 is 1.50 bits per heavy atom. The molecule has 1 saturated heterocycles. The lowest BCUT2D eigenvalue weighted by Gasteiger charge is -2.39. The summed E-state index contributed by atoms with van der Waals surface area (Å²) in [6.07, 6.45) is 0.937. The summed E-state index contributed by atoms with van der Waals surface area (Å²) in [5.74, 6) is -0.352. The fourth-order valence-electron chi connectivity index (χ4n) is 1.86. The van der Waals surface area contributed by atoms with Crippen LogP contribution in [0.2, 0.25) is 0 Å². The Morgan fingerprint density at radius 2 is 2.17 bits per heavy atom. The number of aliphatic hydroxyl groups excluding tert-OH is 1. The van der Waals surface area contributed by atoms with E-state index in [0.717, 1.165) is 0 Å². The van der Waals surface area contributed by atoms with Crippen LogP contribution >= 0.6 is 0 Å². The summed E-state index contributed by atoms with van der Waals surface area (Å²) in [5.41, 5.74) is 5.25. The third-order valence-electron chi connectivity index (χ3n) is 2.90. The minimum atomic E-state index is -0.258. The molecule has 5 heteroatoms. The first-order valence-corrected chi connectivity index (χ1v) is 5.92. The molecule has 1 fully saturated rings. The molecular formula is C13H16N2O3. The van der Waals surface area contributed by atoms with E-state index in [4.69, 9.17) is 5.11 Å². The van der Waals surface area contributed by atoms with E-state index in [2.05, 4.69) is 29.7 Å². The van der Waals surface area contributed by atoms with Crippen molar-refractivity contribution >= 4 is 11.8 Å². The second-order valence-corrected chi connectivity index (χ2v) is 4.38.